The molecule has 0 unspecified atom stereocenters. The highest BCUT2D eigenvalue weighted by Crippen LogP contribution is 2.46. The van der Waals surface area contributed by atoms with Crippen LogP contribution in [-0.2, 0) is 26.2 Å². The number of nitrogen functional groups attached to an aromatic ring is 1. The largest absolute Gasteiger partial charge is 0.389 e. The van der Waals surface area contributed by atoms with E-state index in [2.05, 4.69) is 37.9 Å². The molecule has 2 aromatic heterocycles. The molecule has 1 aliphatic heterocycles. The number of nitriles is 1. The number of amidine groups is 1. The zero-order valence-electron chi connectivity index (χ0n) is 22.3. The summed E-state index contributed by atoms with van der Waals surface area (Å²) in [4.78, 5) is 33.3. The van der Waals surface area contributed by atoms with Gasteiger partial charge in [0.25, 0.3) is 0 Å². The molecule has 1 fully saturated rings. The predicted molar refractivity (Wildman–Crippen MR) is 147 cm³/mol. The van der Waals surface area contributed by atoms with Crippen LogP contribution >= 0.6 is 11.3 Å². The maximum Gasteiger partial charge on any atom is 0.345 e. The SMILES string of the molecule is COCCCN1CCCN(c2nccc(/C(N)=N/OC(=O)[C@@]3(C)CCCc4sc(N)c(C#N)c43)n2)[C@@H](C)C1. The smallest absolute Gasteiger partial charge is 0.345 e. The molecule has 11 nitrogen and oxygen atoms in total. The summed E-state index contributed by atoms with van der Waals surface area (Å²) in [5.74, 6) is -0.0233. The third kappa shape index (κ3) is 5.75. The quantitative estimate of drug-likeness (QED) is 0.167. The van der Waals surface area contributed by atoms with E-state index in [0.29, 0.717) is 34.2 Å². The third-order valence-corrected chi connectivity index (χ3v) is 8.42. The minimum atomic E-state index is -1.02. The summed E-state index contributed by atoms with van der Waals surface area (Å²) >= 11 is 1.36. The van der Waals surface area contributed by atoms with Gasteiger partial charge in [-0.05, 0) is 58.6 Å². The number of oxime groups is 1. The van der Waals surface area contributed by atoms with Gasteiger partial charge in [0.05, 0.1) is 11.0 Å². The molecule has 38 heavy (non-hydrogen) atoms. The lowest BCUT2D eigenvalue weighted by molar-refractivity contribution is -0.150. The second kappa shape index (κ2) is 12.1. The van der Waals surface area contributed by atoms with E-state index in [1.807, 2.05) is 0 Å². The molecule has 0 aromatic carbocycles. The van der Waals surface area contributed by atoms with Crippen molar-refractivity contribution in [3.63, 3.8) is 0 Å². The molecule has 0 bridgehead atoms. The fourth-order valence-corrected chi connectivity index (χ4v) is 6.54. The average Bonchev–Trinajstić information content (AvgIpc) is 3.13. The van der Waals surface area contributed by atoms with Crippen molar-refractivity contribution in [2.45, 2.75) is 57.4 Å². The summed E-state index contributed by atoms with van der Waals surface area (Å²) in [6.45, 7) is 8.41. The number of fused-ring (bicyclic) bond motifs is 1. The number of aromatic nitrogens is 2. The van der Waals surface area contributed by atoms with Crippen molar-refractivity contribution in [1.29, 1.82) is 5.26 Å². The molecule has 1 saturated heterocycles. The first-order valence-corrected chi connectivity index (χ1v) is 13.8. The van der Waals surface area contributed by atoms with Crippen molar-refractivity contribution in [3.8, 4) is 6.07 Å². The minimum Gasteiger partial charge on any atom is -0.389 e. The van der Waals surface area contributed by atoms with E-state index in [9.17, 15) is 10.1 Å². The Morgan fingerprint density at radius 3 is 2.97 bits per heavy atom. The average molecular weight is 541 g/mol. The van der Waals surface area contributed by atoms with Gasteiger partial charge in [0.1, 0.15) is 16.8 Å². The molecular weight excluding hydrogens is 504 g/mol. The predicted octanol–water partition coefficient (Wildman–Crippen LogP) is 2.39. The summed E-state index contributed by atoms with van der Waals surface area (Å²) < 4.78 is 5.19. The number of thiophene rings is 1. The lowest BCUT2D eigenvalue weighted by Crippen LogP contribution is -2.40. The molecule has 204 valence electrons. The van der Waals surface area contributed by atoms with Crippen LogP contribution in [0, 0.1) is 11.3 Å². The molecule has 3 heterocycles. The first-order valence-electron chi connectivity index (χ1n) is 13.0. The van der Waals surface area contributed by atoms with Crippen molar-refractivity contribution < 1.29 is 14.4 Å². The number of rotatable bonds is 8. The van der Waals surface area contributed by atoms with Gasteiger partial charge in [0.15, 0.2) is 5.84 Å². The van der Waals surface area contributed by atoms with Crippen molar-refractivity contribution in [2.75, 3.05) is 50.5 Å². The molecule has 0 radical (unpaired) electrons. The van der Waals surface area contributed by atoms with Gasteiger partial charge in [-0.15, -0.1) is 11.3 Å². The van der Waals surface area contributed by atoms with Crippen molar-refractivity contribution in [1.82, 2.24) is 14.9 Å². The van der Waals surface area contributed by atoms with Crippen LogP contribution in [0.1, 0.15) is 61.2 Å². The van der Waals surface area contributed by atoms with Crippen molar-refractivity contribution in [2.24, 2.45) is 10.9 Å². The Bertz CT molecular complexity index is 1230. The number of aryl methyl sites for hydroxylation is 1. The summed E-state index contributed by atoms with van der Waals surface area (Å²) in [7, 11) is 1.73. The van der Waals surface area contributed by atoms with E-state index in [0.717, 1.165) is 63.3 Å². The van der Waals surface area contributed by atoms with E-state index in [1.54, 1.807) is 26.3 Å². The van der Waals surface area contributed by atoms with E-state index >= 15 is 0 Å². The van der Waals surface area contributed by atoms with Crippen LogP contribution in [-0.4, -0.2) is 72.6 Å². The Labute approximate surface area is 227 Å². The highest BCUT2D eigenvalue weighted by Gasteiger charge is 2.44. The molecule has 2 atom stereocenters. The van der Waals surface area contributed by atoms with Gasteiger partial charge >= 0.3 is 5.97 Å². The number of nitrogens with zero attached hydrogens (tertiary/aromatic N) is 6. The van der Waals surface area contributed by atoms with Gasteiger partial charge in [-0.1, -0.05) is 5.16 Å². The Morgan fingerprint density at radius 2 is 2.21 bits per heavy atom. The normalized spacial score (nSPS) is 22.4. The fraction of sp³-hybridized carbons (Fsp3) is 0.577. The molecule has 12 heteroatoms. The van der Waals surface area contributed by atoms with Crippen LogP contribution in [0.2, 0.25) is 0 Å². The fourth-order valence-electron chi connectivity index (χ4n) is 5.35. The highest BCUT2D eigenvalue weighted by molar-refractivity contribution is 7.16. The minimum absolute atomic E-state index is 0.0179. The molecule has 1 aliphatic carbocycles. The van der Waals surface area contributed by atoms with Crippen LogP contribution in [0.5, 0.6) is 0 Å². The van der Waals surface area contributed by atoms with Gasteiger partial charge < -0.3 is 30.8 Å². The molecule has 4 N–H and O–H groups in total. The van der Waals surface area contributed by atoms with E-state index in [4.69, 9.17) is 21.0 Å². The second-order valence-corrected chi connectivity index (χ2v) is 11.2. The standard InChI is InChI=1S/C26H36N8O3S/c1-17-16-33(12-6-14-36-3)11-5-13-34(17)25-30-10-8-19(31-25)22(28)32-37-24(35)26(2)9-4-7-20-21(26)18(15-27)23(29)38-20/h8,10,17H,4-7,9,11-14,16,29H2,1-3H3,(H2,28,32)/t17-,26-/m0/s1. The Hall–Kier alpha value is -3.27. The van der Waals surface area contributed by atoms with Crippen LogP contribution in [0.4, 0.5) is 10.9 Å². The molecule has 2 aromatic rings. The Balaban J connectivity index is 1.47. The summed E-state index contributed by atoms with van der Waals surface area (Å²) in [6.07, 6.45) is 5.73. The number of carbonyl (C=O) groups is 1. The summed E-state index contributed by atoms with van der Waals surface area (Å²) in [5, 5.41) is 14.0. The van der Waals surface area contributed by atoms with Crippen LogP contribution in [0.3, 0.4) is 0 Å². The van der Waals surface area contributed by atoms with E-state index in [1.165, 1.54) is 11.3 Å². The Morgan fingerprint density at radius 1 is 1.39 bits per heavy atom. The number of hydrogen-bond acceptors (Lipinski definition) is 11. The van der Waals surface area contributed by atoms with E-state index in [-0.39, 0.29) is 11.9 Å². The zero-order valence-corrected chi connectivity index (χ0v) is 23.1. The number of nitrogens with two attached hydrogens (primary N) is 2. The number of methoxy groups -OCH3 is 1. The van der Waals surface area contributed by atoms with Crippen LogP contribution in [0.15, 0.2) is 17.4 Å². The molecular formula is C26H36N8O3S. The number of hydrogen-bond donors (Lipinski definition) is 2. The number of ether oxygens (including phenoxy) is 1. The molecule has 4 rings (SSSR count). The molecule has 0 spiro atoms. The maximum absolute atomic E-state index is 13.2. The topological polar surface area (TPSA) is 156 Å². The first-order chi connectivity index (χ1) is 18.3. The second-order valence-electron chi connectivity index (χ2n) is 10.1. The van der Waals surface area contributed by atoms with Gasteiger partial charge in [-0.25, -0.2) is 14.8 Å². The lowest BCUT2D eigenvalue weighted by atomic mass is 9.72. The lowest BCUT2D eigenvalue weighted by Gasteiger charge is -2.30. The molecule has 0 saturated carbocycles. The third-order valence-electron chi connectivity index (χ3n) is 7.34. The highest BCUT2D eigenvalue weighted by atomic mass is 32.1. The molecule has 2 aliphatic rings. The summed E-state index contributed by atoms with van der Waals surface area (Å²) in [6, 6.07) is 4.00. The van der Waals surface area contributed by atoms with Crippen LogP contribution in [0.25, 0.3) is 0 Å². The first kappa shape index (κ1) is 27.8. The van der Waals surface area contributed by atoms with Crippen molar-refractivity contribution >= 4 is 34.1 Å². The van der Waals surface area contributed by atoms with Gasteiger partial charge in [0.2, 0.25) is 5.95 Å². The monoisotopic (exact) mass is 540 g/mol. The molecule has 0 amide bonds. The number of carbonyl (C=O) groups excluding carboxylic acids is 1. The van der Waals surface area contributed by atoms with Gasteiger partial charge in [-0.3, -0.25) is 0 Å². The zero-order chi connectivity index (χ0) is 27.3. The number of anilines is 2. The maximum atomic E-state index is 13.2. The van der Waals surface area contributed by atoms with Crippen molar-refractivity contribution in [3.05, 3.63) is 34.0 Å². The van der Waals surface area contributed by atoms with E-state index < -0.39 is 11.4 Å². The van der Waals surface area contributed by atoms with Gasteiger partial charge in [-0.2, -0.15) is 5.26 Å². The Kier molecular flexibility index (Phi) is 8.81. The summed E-state index contributed by atoms with van der Waals surface area (Å²) in [5.41, 5.74) is 12.6. The van der Waals surface area contributed by atoms with Crippen LogP contribution < -0.4 is 16.4 Å². The van der Waals surface area contributed by atoms with Gasteiger partial charge in [0, 0.05) is 56.0 Å².